The van der Waals surface area contributed by atoms with E-state index in [2.05, 4.69) is 150 Å². The number of nitriles is 2. The minimum Gasteiger partial charge on any atom is -0.308 e. The van der Waals surface area contributed by atoms with Crippen LogP contribution in [0.25, 0.3) is 38.6 Å². The maximum Gasteiger partial charge on any atom is 0.179 e. The largest absolute Gasteiger partial charge is 0.308 e. The third-order valence-corrected chi connectivity index (χ3v) is 14.2. The Kier molecular flexibility index (Phi) is 7.27. The lowest BCUT2D eigenvalue weighted by molar-refractivity contribution is 1.17. The normalized spacial score (nSPS) is 11.3. The van der Waals surface area contributed by atoms with Crippen LogP contribution in [-0.4, -0.2) is 12.6 Å². The number of rotatable bonds is 6. The van der Waals surface area contributed by atoms with Crippen molar-refractivity contribution in [1.82, 2.24) is 4.57 Å². The van der Waals surface area contributed by atoms with Crippen LogP contribution in [0.15, 0.2) is 176 Å². The highest BCUT2D eigenvalue weighted by Crippen LogP contribution is 2.34. The fourth-order valence-corrected chi connectivity index (χ4v) is 12.0. The van der Waals surface area contributed by atoms with Gasteiger partial charge in [0.1, 0.15) is 6.07 Å². The molecule has 224 valence electrons. The highest BCUT2D eigenvalue weighted by Gasteiger charge is 2.41. The number of nitrogens with zero attached hydrogens (tertiary/aromatic N) is 3. The molecule has 0 fully saturated rings. The summed E-state index contributed by atoms with van der Waals surface area (Å²) in [7, 11) is -2.62. The summed E-state index contributed by atoms with van der Waals surface area (Å²) in [6.07, 6.45) is 0. The van der Waals surface area contributed by atoms with Crippen molar-refractivity contribution in [1.29, 1.82) is 10.5 Å². The monoisotopic (exact) mass is 627 g/mol. The van der Waals surface area contributed by atoms with Gasteiger partial charge in [0.05, 0.1) is 33.9 Å². The Labute approximate surface area is 280 Å². The summed E-state index contributed by atoms with van der Waals surface area (Å²) < 4.78 is 2.14. The number of benzene rings is 7. The third kappa shape index (κ3) is 4.64. The topological polar surface area (TPSA) is 52.5 Å². The molecule has 8 rings (SSSR count). The van der Waals surface area contributed by atoms with Crippen molar-refractivity contribution in [3.8, 4) is 29.0 Å². The van der Waals surface area contributed by atoms with Gasteiger partial charge in [0.25, 0.3) is 0 Å². The molecule has 0 radical (unpaired) electrons. The first-order chi connectivity index (χ1) is 23.7. The molecule has 1 aromatic heterocycles. The first-order valence-electron chi connectivity index (χ1n) is 16.0. The molecule has 48 heavy (non-hydrogen) atoms. The van der Waals surface area contributed by atoms with Crippen LogP contribution in [0.2, 0.25) is 0 Å². The summed E-state index contributed by atoms with van der Waals surface area (Å²) in [6, 6.07) is 66.5. The van der Waals surface area contributed by atoms with Crippen molar-refractivity contribution in [2.75, 3.05) is 0 Å². The maximum absolute atomic E-state index is 10.4. The second kappa shape index (κ2) is 12.0. The minimum absolute atomic E-state index is 0.588. The number of hydrogen-bond acceptors (Lipinski definition) is 2. The molecule has 8 aromatic rings. The van der Waals surface area contributed by atoms with Crippen molar-refractivity contribution < 1.29 is 0 Å². The fraction of sp³-hybridized carbons (Fsp3) is 0. The second-order valence-electron chi connectivity index (χ2n) is 12.0. The number of hydrogen-bond donors (Lipinski definition) is 0. The molecule has 0 saturated heterocycles. The standard InChI is InChI=1S/C44H29N3Si/c45-30-32-20-26-44-41(28-32)40-18-10-11-19-43(40)47(44)42-27-23-34(29-35(42)31-46)33-21-24-39(25-22-33)48(36-12-4-1-5-13-36,37-14-6-2-7-15-37)38-16-8-3-9-17-38/h1-29H. The summed E-state index contributed by atoms with van der Waals surface area (Å²) in [5.41, 5.74) is 6.03. The van der Waals surface area contributed by atoms with Crippen LogP contribution in [0.4, 0.5) is 0 Å². The van der Waals surface area contributed by atoms with Gasteiger partial charge in [0.15, 0.2) is 8.07 Å². The lowest BCUT2D eigenvalue weighted by atomic mass is 10.0. The first-order valence-corrected chi connectivity index (χ1v) is 18.0. The Morgan fingerprint density at radius 1 is 0.417 bits per heavy atom. The summed E-state index contributed by atoms with van der Waals surface area (Å²) in [6.45, 7) is 0. The molecule has 0 aliphatic carbocycles. The molecule has 3 nitrogen and oxygen atoms in total. The average molecular weight is 628 g/mol. The second-order valence-corrected chi connectivity index (χ2v) is 15.8. The minimum atomic E-state index is -2.62. The van der Waals surface area contributed by atoms with Crippen LogP contribution >= 0.6 is 0 Å². The van der Waals surface area contributed by atoms with Crippen LogP contribution in [0.1, 0.15) is 11.1 Å². The van der Waals surface area contributed by atoms with E-state index >= 15 is 0 Å². The fourth-order valence-electron chi connectivity index (χ4n) is 7.28. The van der Waals surface area contributed by atoms with E-state index in [0.717, 1.165) is 38.6 Å². The van der Waals surface area contributed by atoms with E-state index in [1.54, 1.807) is 0 Å². The van der Waals surface area contributed by atoms with Crippen molar-refractivity contribution in [3.63, 3.8) is 0 Å². The third-order valence-electron chi connectivity index (χ3n) is 9.43. The molecule has 0 aliphatic rings. The highest BCUT2D eigenvalue weighted by molar-refractivity contribution is 7.19. The van der Waals surface area contributed by atoms with Crippen molar-refractivity contribution >= 4 is 50.6 Å². The molecule has 0 aliphatic heterocycles. The molecular formula is C44H29N3Si. The summed E-state index contributed by atoms with van der Waals surface area (Å²) in [5.74, 6) is 0. The van der Waals surface area contributed by atoms with Gasteiger partial charge in [0, 0.05) is 10.8 Å². The molecular weight excluding hydrogens is 599 g/mol. The van der Waals surface area contributed by atoms with Crippen molar-refractivity contribution in [2.45, 2.75) is 0 Å². The smallest absolute Gasteiger partial charge is 0.179 e. The molecule has 4 heteroatoms. The zero-order valence-electron chi connectivity index (χ0n) is 26.1. The van der Waals surface area contributed by atoms with E-state index in [4.69, 9.17) is 0 Å². The van der Waals surface area contributed by atoms with Gasteiger partial charge in [-0.2, -0.15) is 10.5 Å². The van der Waals surface area contributed by atoms with E-state index in [1.165, 1.54) is 20.7 Å². The van der Waals surface area contributed by atoms with Gasteiger partial charge < -0.3 is 4.57 Å². The lowest BCUT2D eigenvalue weighted by Gasteiger charge is -2.34. The van der Waals surface area contributed by atoms with Gasteiger partial charge in [-0.15, -0.1) is 0 Å². The zero-order valence-corrected chi connectivity index (χ0v) is 27.1. The zero-order chi connectivity index (χ0) is 32.5. The summed E-state index contributed by atoms with van der Waals surface area (Å²) in [5, 5.41) is 27.3. The van der Waals surface area contributed by atoms with E-state index in [-0.39, 0.29) is 0 Å². The van der Waals surface area contributed by atoms with Gasteiger partial charge in [-0.3, -0.25) is 0 Å². The van der Waals surface area contributed by atoms with E-state index in [9.17, 15) is 10.5 Å². The Balaban J connectivity index is 1.27. The average Bonchev–Trinajstić information content (AvgIpc) is 3.50. The molecule has 0 N–H and O–H groups in total. The van der Waals surface area contributed by atoms with Gasteiger partial charge in [-0.05, 0) is 68.3 Å². The number of para-hydroxylation sites is 1. The number of fused-ring (bicyclic) bond motifs is 3. The van der Waals surface area contributed by atoms with Gasteiger partial charge in [-0.1, -0.05) is 140 Å². The summed E-state index contributed by atoms with van der Waals surface area (Å²) in [4.78, 5) is 0. The quantitative estimate of drug-likeness (QED) is 0.141. The van der Waals surface area contributed by atoms with Crippen LogP contribution < -0.4 is 20.7 Å². The Morgan fingerprint density at radius 2 is 0.938 bits per heavy atom. The Morgan fingerprint density at radius 3 is 1.52 bits per heavy atom. The van der Waals surface area contributed by atoms with Crippen LogP contribution in [0, 0.1) is 22.7 Å². The summed E-state index contributed by atoms with van der Waals surface area (Å²) >= 11 is 0. The van der Waals surface area contributed by atoms with E-state index in [0.29, 0.717) is 11.1 Å². The molecule has 0 spiro atoms. The van der Waals surface area contributed by atoms with Crippen molar-refractivity contribution in [2.24, 2.45) is 0 Å². The molecule has 0 saturated carbocycles. The molecule has 0 bridgehead atoms. The molecule has 7 aromatic carbocycles. The number of aromatic nitrogens is 1. The Hall–Kier alpha value is -6.46. The van der Waals surface area contributed by atoms with Gasteiger partial charge in [-0.25, -0.2) is 0 Å². The molecule has 0 unspecified atom stereocenters. The molecule has 0 atom stereocenters. The van der Waals surface area contributed by atoms with Gasteiger partial charge in [0.2, 0.25) is 0 Å². The van der Waals surface area contributed by atoms with E-state index < -0.39 is 8.07 Å². The molecule has 1 heterocycles. The highest BCUT2D eigenvalue weighted by atomic mass is 28.3. The Bertz CT molecular complexity index is 2410. The maximum atomic E-state index is 10.4. The van der Waals surface area contributed by atoms with Crippen LogP contribution in [-0.2, 0) is 0 Å². The lowest BCUT2D eigenvalue weighted by Crippen LogP contribution is -2.74. The van der Waals surface area contributed by atoms with Crippen LogP contribution in [0.5, 0.6) is 0 Å². The first kappa shape index (κ1) is 29.0. The molecule has 0 amide bonds. The van der Waals surface area contributed by atoms with Gasteiger partial charge >= 0.3 is 0 Å². The predicted octanol–water partition coefficient (Wildman–Crippen LogP) is 7.57. The van der Waals surface area contributed by atoms with Crippen molar-refractivity contribution in [3.05, 3.63) is 187 Å². The van der Waals surface area contributed by atoms with Crippen LogP contribution in [0.3, 0.4) is 0 Å². The van der Waals surface area contributed by atoms with E-state index in [1.807, 2.05) is 42.5 Å². The predicted molar refractivity (Wildman–Crippen MR) is 199 cm³/mol. The SMILES string of the molecule is N#Cc1ccc2c(c1)c1ccccc1n2-c1ccc(-c2ccc([Si](c3ccccc3)(c3ccccc3)c3ccccc3)cc2)cc1C#N.